The summed E-state index contributed by atoms with van der Waals surface area (Å²) in [7, 11) is -1.26. The summed E-state index contributed by atoms with van der Waals surface area (Å²) in [6.07, 6.45) is 4.59. The smallest absolute Gasteiger partial charge is 0.211 e. The molecule has 27 heavy (non-hydrogen) atoms. The molecule has 0 amide bonds. The molecule has 3 aromatic rings. The summed E-state index contributed by atoms with van der Waals surface area (Å²) in [6.45, 7) is 1.12. The Hall–Kier alpha value is -2.52. The van der Waals surface area contributed by atoms with Crippen molar-refractivity contribution in [3.05, 3.63) is 53.7 Å². The predicted molar refractivity (Wildman–Crippen MR) is 101 cm³/mol. The molecule has 0 atom stereocenters. The van der Waals surface area contributed by atoms with E-state index in [2.05, 4.69) is 15.3 Å². The fourth-order valence-electron chi connectivity index (χ4n) is 3.19. The summed E-state index contributed by atoms with van der Waals surface area (Å²) < 4.78 is 40.7. The van der Waals surface area contributed by atoms with Gasteiger partial charge >= 0.3 is 0 Å². The first-order chi connectivity index (χ1) is 12.8. The summed E-state index contributed by atoms with van der Waals surface area (Å²) in [4.78, 5) is 8.52. The average Bonchev–Trinajstić information content (AvgIpc) is 2.92. The number of aryl methyl sites for hydroxylation is 1. The molecule has 1 fully saturated rings. The van der Waals surface area contributed by atoms with Crippen LogP contribution in [0.25, 0.3) is 11.0 Å². The second kappa shape index (κ2) is 6.58. The van der Waals surface area contributed by atoms with Gasteiger partial charge in [-0.2, -0.15) is 0 Å². The SMILES string of the molecule is Cn1cnc2cnc(NCc3ccc(C4CN(S(C)(=O)=O)C4)cc3F)cc21. The van der Waals surface area contributed by atoms with Crippen LogP contribution in [0.5, 0.6) is 0 Å². The van der Waals surface area contributed by atoms with Crippen molar-refractivity contribution in [2.75, 3.05) is 24.7 Å². The van der Waals surface area contributed by atoms with E-state index in [9.17, 15) is 12.8 Å². The zero-order valence-corrected chi connectivity index (χ0v) is 15.9. The molecule has 3 heterocycles. The lowest BCUT2D eigenvalue weighted by molar-refractivity contribution is 0.265. The van der Waals surface area contributed by atoms with Gasteiger partial charge in [0.2, 0.25) is 10.0 Å². The van der Waals surface area contributed by atoms with E-state index in [4.69, 9.17) is 0 Å². The molecular weight excluding hydrogens is 369 g/mol. The number of fused-ring (bicyclic) bond motifs is 1. The van der Waals surface area contributed by atoms with Gasteiger partial charge in [-0.3, -0.25) is 0 Å². The Morgan fingerprint density at radius 3 is 2.74 bits per heavy atom. The largest absolute Gasteiger partial charge is 0.366 e. The maximum atomic E-state index is 14.5. The fourth-order valence-corrected chi connectivity index (χ4v) is 4.10. The van der Waals surface area contributed by atoms with Crippen LogP contribution in [0.15, 0.2) is 36.8 Å². The van der Waals surface area contributed by atoms with Crippen LogP contribution in [0.4, 0.5) is 10.2 Å². The van der Waals surface area contributed by atoms with E-state index in [1.807, 2.05) is 23.7 Å². The number of imidazole rings is 1. The highest BCUT2D eigenvalue weighted by molar-refractivity contribution is 7.88. The molecule has 2 aromatic heterocycles. The van der Waals surface area contributed by atoms with Crippen molar-refractivity contribution in [2.24, 2.45) is 7.05 Å². The van der Waals surface area contributed by atoms with E-state index in [1.54, 1.807) is 18.6 Å². The first-order valence-electron chi connectivity index (χ1n) is 8.55. The summed E-state index contributed by atoms with van der Waals surface area (Å²) in [6, 6.07) is 6.98. The molecule has 142 valence electrons. The van der Waals surface area contributed by atoms with E-state index < -0.39 is 10.0 Å². The molecule has 9 heteroatoms. The molecule has 0 aliphatic carbocycles. The van der Waals surface area contributed by atoms with Crippen molar-refractivity contribution in [1.82, 2.24) is 18.8 Å². The van der Waals surface area contributed by atoms with Gasteiger partial charge in [0, 0.05) is 44.2 Å². The van der Waals surface area contributed by atoms with Gasteiger partial charge in [-0.05, 0) is 11.6 Å². The minimum absolute atomic E-state index is 0.0464. The Bertz CT molecular complexity index is 1110. The van der Waals surface area contributed by atoms with Crippen molar-refractivity contribution < 1.29 is 12.8 Å². The Kier molecular flexibility index (Phi) is 4.35. The third kappa shape index (κ3) is 3.52. The van der Waals surface area contributed by atoms with Crippen molar-refractivity contribution in [1.29, 1.82) is 0 Å². The topological polar surface area (TPSA) is 80.1 Å². The number of hydrogen-bond acceptors (Lipinski definition) is 5. The molecule has 0 saturated carbocycles. The van der Waals surface area contributed by atoms with E-state index in [0.29, 0.717) is 31.0 Å². The number of hydrogen-bond donors (Lipinski definition) is 1. The molecule has 1 N–H and O–H groups in total. The summed E-state index contributed by atoms with van der Waals surface area (Å²) in [5.74, 6) is 0.391. The third-order valence-electron chi connectivity index (χ3n) is 4.94. The summed E-state index contributed by atoms with van der Waals surface area (Å²) >= 11 is 0. The number of benzene rings is 1. The van der Waals surface area contributed by atoms with Crippen LogP contribution in [-0.4, -0.2) is 46.6 Å². The minimum Gasteiger partial charge on any atom is -0.366 e. The van der Waals surface area contributed by atoms with Crippen LogP contribution >= 0.6 is 0 Å². The zero-order chi connectivity index (χ0) is 19.2. The fraction of sp³-hybridized carbons (Fsp3) is 0.333. The van der Waals surface area contributed by atoms with Gasteiger partial charge in [0.05, 0.1) is 24.3 Å². The molecule has 1 aromatic carbocycles. The predicted octanol–water partition coefficient (Wildman–Crippen LogP) is 2.08. The second-order valence-corrected chi connectivity index (χ2v) is 8.88. The monoisotopic (exact) mass is 389 g/mol. The van der Waals surface area contributed by atoms with Gasteiger partial charge in [0.25, 0.3) is 0 Å². The van der Waals surface area contributed by atoms with Gasteiger partial charge in [-0.15, -0.1) is 0 Å². The second-order valence-electron chi connectivity index (χ2n) is 6.90. The maximum absolute atomic E-state index is 14.5. The van der Waals surface area contributed by atoms with Gasteiger partial charge in [-0.25, -0.2) is 27.1 Å². The molecule has 7 nitrogen and oxygen atoms in total. The molecule has 0 spiro atoms. The number of rotatable bonds is 5. The highest BCUT2D eigenvalue weighted by Gasteiger charge is 2.34. The number of halogens is 1. The Balaban J connectivity index is 1.43. The van der Waals surface area contributed by atoms with E-state index >= 15 is 0 Å². The van der Waals surface area contributed by atoms with E-state index in [1.165, 1.54) is 16.6 Å². The zero-order valence-electron chi connectivity index (χ0n) is 15.1. The number of anilines is 1. The van der Waals surface area contributed by atoms with Gasteiger partial charge in [-0.1, -0.05) is 12.1 Å². The van der Waals surface area contributed by atoms with Crippen LogP contribution in [-0.2, 0) is 23.6 Å². The Labute approximate surface area is 156 Å². The molecular formula is C18H20FN5O2S. The molecule has 0 bridgehead atoms. The highest BCUT2D eigenvalue weighted by atomic mass is 32.2. The molecule has 1 saturated heterocycles. The van der Waals surface area contributed by atoms with Crippen molar-refractivity contribution in [3.8, 4) is 0 Å². The lowest BCUT2D eigenvalue weighted by atomic mass is 9.93. The van der Waals surface area contributed by atoms with Gasteiger partial charge < -0.3 is 9.88 Å². The summed E-state index contributed by atoms with van der Waals surface area (Å²) in [5, 5.41) is 3.13. The molecule has 1 aliphatic heterocycles. The lowest BCUT2D eigenvalue weighted by Crippen LogP contribution is -2.47. The van der Waals surface area contributed by atoms with Crippen molar-refractivity contribution in [2.45, 2.75) is 12.5 Å². The number of pyridine rings is 1. The van der Waals surface area contributed by atoms with Crippen LogP contribution in [0.3, 0.4) is 0 Å². The van der Waals surface area contributed by atoms with Crippen LogP contribution in [0.2, 0.25) is 0 Å². The average molecular weight is 389 g/mol. The molecule has 1 aliphatic rings. The third-order valence-corrected chi connectivity index (χ3v) is 6.17. The van der Waals surface area contributed by atoms with E-state index in [0.717, 1.165) is 16.6 Å². The number of aromatic nitrogens is 3. The van der Waals surface area contributed by atoms with Crippen molar-refractivity contribution in [3.63, 3.8) is 0 Å². The Morgan fingerprint density at radius 1 is 1.26 bits per heavy atom. The molecule has 0 radical (unpaired) electrons. The maximum Gasteiger partial charge on any atom is 0.211 e. The summed E-state index contributed by atoms with van der Waals surface area (Å²) in [5.41, 5.74) is 3.11. The van der Waals surface area contributed by atoms with Crippen LogP contribution < -0.4 is 5.32 Å². The lowest BCUT2D eigenvalue weighted by Gasteiger charge is -2.37. The van der Waals surface area contributed by atoms with Crippen molar-refractivity contribution >= 4 is 26.9 Å². The van der Waals surface area contributed by atoms with Crippen LogP contribution in [0, 0.1) is 5.82 Å². The minimum atomic E-state index is -3.16. The Morgan fingerprint density at radius 2 is 2.04 bits per heavy atom. The first-order valence-corrected chi connectivity index (χ1v) is 10.4. The van der Waals surface area contributed by atoms with E-state index in [-0.39, 0.29) is 11.7 Å². The first kappa shape index (κ1) is 17.9. The quantitative estimate of drug-likeness (QED) is 0.723. The van der Waals surface area contributed by atoms with Gasteiger partial charge in [0.15, 0.2) is 0 Å². The standard InChI is InChI=1S/C18H20FN5O2S/c1-23-11-22-16-8-21-18(6-17(16)23)20-7-13-4-3-12(5-15(13)19)14-9-24(10-14)27(2,25)26/h3-6,8,11,14H,7,9-10H2,1-2H3,(H,20,21). The molecule has 4 rings (SSSR count). The molecule has 0 unspecified atom stereocenters. The normalized spacial score (nSPS) is 15.8. The number of nitrogens with zero attached hydrogens (tertiary/aromatic N) is 4. The van der Waals surface area contributed by atoms with Gasteiger partial charge in [0.1, 0.15) is 17.2 Å². The number of sulfonamides is 1. The highest BCUT2D eigenvalue weighted by Crippen LogP contribution is 2.30. The number of nitrogens with one attached hydrogen (secondary N) is 1. The van der Waals surface area contributed by atoms with Crippen LogP contribution in [0.1, 0.15) is 17.0 Å².